The van der Waals surface area contributed by atoms with Gasteiger partial charge in [-0.2, -0.15) is 0 Å². The van der Waals surface area contributed by atoms with Gasteiger partial charge in [-0.25, -0.2) is 0 Å². The molecule has 7 aromatic carbocycles. The number of hydrogen-bond donors (Lipinski definition) is 0. The van der Waals surface area contributed by atoms with E-state index < -0.39 is 13.5 Å². The van der Waals surface area contributed by atoms with Gasteiger partial charge in [0.2, 0.25) is 0 Å². The molecule has 3 heteroatoms. The van der Waals surface area contributed by atoms with Crippen molar-refractivity contribution in [3.05, 3.63) is 192 Å². The molecule has 0 N–H and O–H groups in total. The molecule has 0 aliphatic carbocycles. The van der Waals surface area contributed by atoms with Crippen LogP contribution in [0, 0.1) is 0 Å². The number of aromatic nitrogens is 2. The highest BCUT2D eigenvalue weighted by molar-refractivity contribution is 7.02. The second kappa shape index (κ2) is 10.3. The van der Waals surface area contributed by atoms with Gasteiger partial charge >= 0.3 is 0 Å². The number of fused-ring (bicyclic) bond motifs is 12. The highest BCUT2D eigenvalue weighted by Crippen LogP contribution is 2.55. The van der Waals surface area contributed by atoms with E-state index in [1.165, 1.54) is 82.4 Å². The average molecular weight is 667 g/mol. The Morgan fingerprint density at radius 2 is 1.14 bits per heavy atom. The van der Waals surface area contributed by atoms with Gasteiger partial charge in [-0.3, -0.25) is 4.98 Å². The molecule has 0 radical (unpaired) electrons. The van der Waals surface area contributed by atoms with Crippen LogP contribution in [0.2, 0.25) is 13.1 Å². The Hall–Kier alpha value is -6.03. The van der Waals surface area contributed by atoms with E-state index in [2.05, 4.69) is 175 Å². The first-order valence-electron chi connectivity index (χ1n) is 17.9. The third-order valence-corrected chi connectivity index (χ3v) is 15.5. The van der Waals surface area contributed by atoms with Gasteiger partial charge in [-0.1, -0.05) is 159 Å². The van der Waals surface area contributed by atoms with Crippen molar-refractivity contribution in [2.75, 3.05) is 0 Å². The average Bonchev–Trinajstić information content (AvgIpc) is 3.53. The fraction of sp³-hybridized carbons (Fsp3) is 0.0625. The summed E-state index contributed by atoms with van der Waals surface area (Å²) in [6.07, 6.45) is 1.89. The molecular weight excluding hydrogens is 633 g/mol. The summed E-state index contributed by atoms with van der Waals surface area (Å²) in [5.74, 6) is 0. The van der Waals surface area contributed by atoms with E-state index in [-0.39, 0.29) is 0 Å². The molecule has 0 saturated carbocycles. The third-order valence-electron chi connectivity index (χ3n) is 11.9. The van der Waals surface area contributed by atoms with E-state index in [0.717, 1.165) is 10.9 Å². The van der Waals surface area contributed by atoms with Crippen LogP contribution < -0.4 is 10.4 Å². The molecular formula is C48H34N2Si. The smallest absolute Gasteiger partial charge is 0.113 e. The minimum absolute atomic E-state index is 0.473. The summed E-state index contributed by atoms with van der Waals surface area (Å²) in [5.41, 5.74) is 14.9. The van der Waals surface area contributed by atoms with Crippen LogP contribution in [0.1, 0.15) is 22.3 Å². The predicted molar refractivity (Wildman–Crippen MR) is 216 cm³/mol. The second-order valence-corrected chi connectivity index (χ2v) is 19.0. The Bertz CT molecular complexity index is 2890. The maximum atomic E-state index is 4.75. The molecule has 0 fully saturated rings. The third kappa shape index (κ3) is 3.63. The zero-order chi connectivity index (χ0) is 33.9. The first-order chi connectivity index (χ1) is 25.1. The molecule has 2 nitrogen and oxygen atoms in total. The van der Waals surface area contributed by atoms with Crippen molar-refractivity contribution in [2.24, 2.45) is 0 Å². The maximum Gasteiger partial charge on any atom is 0.113 e. The van der Waals surface area contributed by atoms with Gasteiger partial charge in [0.15, 0.2) is 0 Å². The Balaban J connectivity index is 1.23. The zero-order valence-corrected chi connectivity index (χ0v) is 29.6. The zero-order valence-electron chi connectivity index (χ0n) is 28.6. The SMILES string of the molecule is C[Si]1(C)c2ccccc2C2(c3ccccc3-n3c4ccccc4c4cccc2c43)c2cccc(-c3ccc(-c4cccc5cccnc45)cc3)c21. The van der Waals surface area contributed by atoms with Crippen molar-refractivity contribution in [3.8, 4) is 27.9 Å². The minimum Gasteiger partial charge on any atom is -0.309 e. The number of rotatable bonds is 2. The van der Waals surface area contributed by atoms with Gasteiger partial charge in [0.25, 0.3) is 0 Å². The number of pyridine rings is 1. The molecule has 51 heavy (non-hydrogen) atoms. The largest absolute Gasteiger partial charge is 0.309 e. The number of hydrogen-bond acceptors (Lipinski definition) is 1. The summed E-state index contributed by atoms with van der Waals surface area (Å²) in [6.45, 7) is 5.12. The number of para-hydroxylation sites is 4. The van der Waals surface area contributed by atoms with Crippen molar-refractivity contribution in [1.82, 2.24) is 9.55 Å². The van der Waals surface area contributed by atoms with Crippen LogP contribution in [0.25, 0.3) is 60.6 Å². The lowest BCUT2D eigenvalue weighted by molar-refractivity contribution is 0.732. The summed E-state index contributed by atoms with van der Waals surface area (Å²) in [5, 5.41) is 6.82. The molecule has 2 aromatic heterocycles. The van der Waals surface area contributed by atoms with E-state index >= 15 is 0 Å². The van der Waals surface area contributed by atoms with Crippen LogP contribution in [0.5, 0.6) is 0 Å². The molecule has 0 bridgehead atoms. The first kappa shape index (κ1) is 28.8. The lowest BCUT2D eigenvalue weighted by Gasteiger charge is -2.50. The van der Waals surface area contributed by atoms with Gasteiger partial charge in [-0.15, -0.1) is 0 Å². The molecule has 1 spiro atoms. The Morgan fingerprint density at radius 1 is 0.510 bits per heavy atom. The molecule has 4 heterocycles. The standard InChI is InChI=1S/C48H34N2Si/c1-51(2)44-25-8-5-20-39(44)48(38-19-4-7-24-43(38)50-42-23-6-3-15-36(42)37-18-11-21-40(48)46(37)50)41-22-10-17-35(47(41)51)32-28-26-31(27-29-32)34-16-9-13-33-14-12-30-49-45(33)34/h3-30H,1-2H3. The van der Waals surface area contributed by atoms with Crippen molar-refractivity contribution in [3.63, 3.8) is 0 Å². The molecule has 1 atom stereocenters. The molecule has 2 aliphatic rings. The van der Waals surface area contributed by atoms with E-state index in [1.54, 1.807) is 0 Å². The lowest BCUT2D eigenvalue weighted by atomic mass is 9.62. The second-order valence-electron chi connectivity index (χ2n) is 14.7. The number of benzene rings is 7. The normalized spacial score (nSPS) is 16.7. The van der Waals surface area contributed by atoms with Crippen molar-refractivity contribution in [1.29, 1.82) is 0 Å². The summed E-state index contributed by atoms with van der Waals surface area (Å²) in [7, 11) is -2.23. The van der Waals surface area contributed by atoms with Crippen LogP contribution in [-0.2, 0) is 5.41 Å². The fourth-order valence-electron chi connectivity index (χ4n) is 9.86. The Labute approximate surface area is 298 Å². The van der Waals surface area contributed by atoms with E-state index in [9.17, 15) is 0 Å². The highest BCUT2D eigenvalue weighted by atomic mass is 28.3. The van der Waals surface area contributed by atoms with Crippen molar-refractivity contribution >= 4 is 51.2 Å². The summed E-state index contributed by atoms with van der Waals surface area (Å²) < 4.78 is 2.53. The highest BCUT2D eigenvalue weighted by Gasteiger charge is 2.53. The monoisotopic (exact) mass is 666 g/mol. The maximum absolute atomic E-state index is 4.75. The predicted octanol–water partition coefficient (Wildman–Crippen LogP) is 10.5. The van der Waals surface area contributed by atoms with Gasteiger partial charge in [-0.05, 0) is 67.5 Å². The summed E-state index contributed by atoms with van der Waals surface area (Å²) in [6, 6.07) is 61.5. The van der Waals surface area contributed by atoms with E-state index in [4.69, 9.17) is 4.98 Å². The first-order valence-corrected chi connectivity index (χ1v) is 20.9. The van der Waals surface area contributed by atoms with Crippen LogP contribution >= 0.6 is 0 Å². The molecule has 11 rings (SSSR count). The Morgan fingerprint density at radius 3 is 2.02 bits per heavy atom. The summed E-state index contributed by atoms with van der Waals surface area (Å²) >= 11 is 0. The number of nitrogens with zero attached hydrogens (tertiary/aromatic N) is 2. The van der Waals surface area contributed by atoms with Gasteiger partial charge in [0.05, 0.1) is 27.7 Å². The van der Waals surface area contributed by atoms with Gasteiger partial charge in [0.1, 0.15) is 8.07 Å². The summed E-state index contributed by atoms with van der Waals surface area (Å²) in [4.78, 5) is 4.75. The molecule has 2 aliphatic heterocycles. The van der Waals surface area contributed by atoms with Crippen LogP contribution in [0.3, 0.4) is 0 Å². The van der Waals surface area contributed by atoms with Crippen molar-refractivity contribution < 1.29 is 0 Å². The molecule has 0 saturated heterocycles. The minimum atomic E-state index is -2.23. The topological polar surface area (TPSA) is 17.8 Å². The van der Waals surface area contributed by atoms with Crippen LogP contribution in [0.15, 0.2) is 170 Å². The molecule has 0 amide bonds. The van der Waals surface area contributed by atoms with Crippen LogP contribution in [-0.4, -0.2) is 17.6 Å². The molecule has 240 valence electrons. The quantitative estimate of drug-likeness (QED) is 0.168. The van der Waals surface area contributed by atoms with E-state index in [0.29, 0.717) is 0 Å². The fourth-order valence-corrected chi connectivity index (χ4v) is 13.4. The van der Waals surface area contributed by atoms with Gasteiger partial charge < -0.3 is 4.57 Å². The molecule has 1 unspecified atom stereocenters. The lowest BCUT2D eigenvalue weighted by Crippen LogP contribution is -2.64. The van der Waals surface area contributed by atoms with Gasteiger partial charge in [0, 0.05) is 27.9 Å². The van der Waals surface area contributed by atoms with Crippen LogP contribution in [0.4, 0.5) is 0 Å². The van der Waals surface area contributed by atoms with E-state index in [1.807, 2.05) is 12.3 Å². The van der Waals surface area contributed by atoms with Crippen molar-refractivity contribution in [2.45, 2.75) is 18.5 Å². The molecule has 9 aromatic rings. The Kier molecular flexibility index (Phi) is 5.79.